The fourth-order valence-corrected chi connectivity index (χ4v) is 2.56. The van der Waals surface area contributed by atoms with Gasteiger partial charge in [0.25, 0.3) is 5.91 Å². The Labute approximate surface area is 172 Å². The second-order valence-corrected chi connectivity index (χ2v) is 6.46. The van der Waals surface area contributed by atoms with Crippen LogP contribution in [0.25, 0.3) is 11.3 Å². The summed E-state index contributed by atoms with van der Waals surface area (Å²) < 4.78 is 18.7. The molecule has 0 aliphatic heterocycles. The minimum atomic E-state index is -0.690. The Hall–Kier alpha value is -3.81. The van der Waals surface area contributed by atoms with Crippen LogP contribution in [-0.4, -0.2) is 28.7 Å². The maximum atomic E-state index is 13.1. The van der Waals surface area contributed by atoms with Crippen molar-refractivity contribution in [2.24, 2.45) is 5.10 Å². The number of unbranched alkanes of at least 4 members (excludes halogenated alkanes) is 1. The molecule has 3 rings (SSSR count). The third kappa shape index (κ3) is 5.84. The number of hydrazone groups is 1. The summed E-state index contributed by atoms with van der Waals surface area (Å²) in [6, 6.07) is 14.2. The summed E-state index contributed by atoms with van der Waals surface area (Å²) in [6.07, 6.45) is 3.54. The molecule has 0 spiro atoms. The molecule has 30 heavy (non-hydrogen) atoms. The van der Waals surface area contributed by atoms with E-state index < -0.39 is 17.4 Å². The third-order valence-electron chi connectivity index (χ3n) is 4.16. The molecular weight excluding hydrogens is 387 g/mol. The highest BCUT2D eigenvalue weighted by molar-refractivity contribution is 5.93. The van der Waals surface area contributed by atoms with Gasteiger partial charge in [0.05, 0.1) is 18.5 Å². The summed E-state index contributed by atoms with van der Waals surface area (Å²) in [7, 11) is 0. The minimum Gasteiger partial charge on any atom is -0.494 e. The Balaban J connectivity index is 1.64. The van der Waals surface area contributed by atoms with E-state index in [9.17, 15) is 14.0 Å². The van der Waals surface area contributed by atoms with Crippen molar-refractivity contribution in [2.45, 2.75) is 19.8 Å². The number of carbonyl (C=O) groups excluding carboxylic acids is 1. The highest BCUT2D eigenvalue weighted by Crippen LogP contribution is 2.16. The van der Waals surface area contributed by atoms with Crippen LogP contribution >= 0.6 is 0 Å². The summed E-state index contributed by atoms with van der Waals surface area (Å²) in [5.41, 5.74) is 3.20. The van der Waals surface area contributed by atoms with E-state index in [1.165, 1.54) is 36.5 Å². The smallest absolute Gasteiger partial charge is 0.346 e. The lowest BCUT2D eigenvalue weighted by Gasteiger charge is -2.05. The molecule has 0 fully saturated rings. The van der Waals surface area contributed by atoms with Gasteiger partial charge in [-0.25, -0.2) is 14.6 Å². The monoisotopic (exact) mass is 408 g/mol. The molecule has 0 aliphatic carbocycles. The van der Waals surface area contributed by atoms with Crippen LogP contribution < -0.4 is 15.9 Å². The van der Waals surface area contributed by atoms with Crippen LogP contribution in [0.2, 0.25) is 0 Å². The van der Waals surface area contributed by atoms with Gasteiger partial charge in [0.1, 0.15) is 17.3 Å². The molecule has 0 aliphatic rings. The van der Waals surface area contributed by atoms with Crippen LogP contribution in [0.4, 0.5) is 4.39 Å². The van der Waals surface area contributed by atoms with E-state index >= 15 is 0 Å². The number of nitrogens with zero attached hydrogens (tertiary/aromatic N) is 2. The lowest BCUT2D eigenvalue weighted by molar-refractivity contribution is 0.0949. The molecule has 1 heterocycles. The number of halogens is 1. The summed E-state index contributed by atoms with van der Waals surface area (Å²) in [6.45, 7) is 2.77. The predicted molar refractivity (Wildman–Crippen MR) is 112 cm³/mol. The Kier molecular flexibility index (Phi) is 7.05. The number of carbonyl (C=O) groups is 1. The van der Waals surface area contributed by atoms with Crippen LogP contribution in [-0.2, 0) is 0 Å². The largest absolute Gasteiger partial charge is 0.494 e. The molecule has 2 aromatic carbocycles. The fraction of sp³-hybridized carbons (Fsp3) is 0.182. The molecule has 7 nitrogen and oxygen atoms in total. The van der Waals surface area contributed by atoms with E-state index in [4.69, 9.17) is 4.74 Å². The van der Waals surface area contributed by atoms with Crippen LogP contribution in [0.1, 0.15) is 35.8 Å². The van der Waals surface area contributed by atoms with Gasteiger partial charge < -0.3 is 9.72 Å². The average Bonchev–Trinajstić information content (AvgIpc) is 2.75. The first-order valence-corrected chi connectivity index (χ1v) is 9.48. The zero-order chi connectivity index (χ0) is 21.3. The predicted octanol–water partition coefficient (Wildman–Crippen LogP) is 3.52. The van der Waals surface area contributed by atoms with Gasteiger partial charge in [-0.15, -0.1) is 0 Å². The fourth-order valence-electron chi connectivity index (χ4n) is 2.56. The lowest BCUT2D eigenvalue weighted by Crippen LogP contribution is -2.24. The SMILES string of the molecule is CCCCOc1ccc(/C=N/NC(=O)c2cc(-c3ccc(F)cc3)nc(=O)[nH]2)cc1. The van der Waals surface area contributed by atoms with Crippen LogP contribution in [0.15, 0.2) is 64.5 Å². The number of H-pyrrole nitrogens is 1. The van der Waals surface area contributed by atoms with E-state index in [-0.39, 0.29) is 11.4 Å². The molecular formula is C22H21FN4O3. The van der Waals surface area contributed by atoms with Crippen molar-refractivity contribution in [1.29, 1.82) is 0 Å². The van der Waals surface area contributed by atoms with Gasteiger partial charge in [0.2, 0.25) is 0 Å². The van der Waals surface area contributed by atoms with Crippen LogP contribution in [0.5, 0.6) is 5.75 Å². The molecule has 1 aromatic heterocycles. The highest BCUT2D eigenvalue weighted by atomic mass is 19.1. The van der Waals surface area contributed by atoms with Gasteiger partial charge in [0.15, 0.2) is 0 Å². The number of ether oxygens (including phenoxy) is 1. The van der Waals surface area contributed by atoms with Gasteiger partial charge in [-0.3, -0.25) is 4.79 Å². The second-order valence-electron chi connectivity index (χ2n) is 6.46. The minimum absolute atomic E-state index is 0.00820. The maximum absolute atomic E-state index is 13.1. The average molecular weight is 408 g/mol. The molecule has 8 heteroatoms. The Bertz CT molecular complexity index is 1080. The van der Waals surface area contributed by atoms with Crippen molar-refractivity contribution in [3.05, 3.63) is 82.2 Å². The normalized spacial score (nSPS) is 10.9. The van der Waals surface area contributed by atoms with Gasteiger partial charge in [0, 0.05) is 5.56 Å². The van der Waals surface area contributed by atoms with Crippen LogP contribution in [0, 0.1) is 5.82 Å². The maximum Gasteiger partial charge on any atom is 0.346 e. The number of amides is 1. The Morgan fingerprint density at radius 2 is 1.93 bits per heavy atom. The van der Waals surface area contributed by atoms with Crippen molar-refractivity contribution in [3.8, 4) is 17.0 Å². The molecule has 1 amide bonds. The van der Waals surface area contributed by atoms with Gasteiger partial charge in [-0.1, -0.05) is 13.3 Å². The van der Waals surface area contributed by atoms with Crippen molar-refractivity contribution in [2.75, 3.05) is 6.61 Å². The van der Waals surface area contributed by atoms with Crippen LogP contribution in [0.3, 0.4) is 0 Å². The second kappa shape index (κ2) is 10.1. The first kappa shape index (κ1) is 20.9. The molecule has 154 valence electrons. The molecule has 2 N–H and O–H groups in total. The zero-order valence-corrected chi connectivity index (χ0v) is 16.4. The van der Waals surface area contributed by atoms with Crippen molar-refractivity contribution < 1.29 is 13.9 Å². The number of hydrogen-bond donors (Lipinski definition) is 2. The first-order valence-electron chi connectivity index (χ1n) is 9.48. The molecule has 0 radical (unpaired) electrons. The van der Waals surface area contributed by atoms with E-state index in [2.05, 4.69) is 27.4 Å². The van der Waals surface area contributed by atoms with Gasteiger partial charge in [-0.2, -0.15) is 10.1 Å². The van der Waals surface area contributed by atoms with E-state index in [0.29, 0.717) is 12.2 Å². The number of benzene rings is 2. The van der Waals surface area contributed by atoms with Gasteiger partial charge >= 0.3 is 5.69 Å². The first-order chi connectivity index (χ1) is 14.5. The van der Waals surface area contributed by atoms with E-state index in [0.717, 1.165) is 24.2 Å². The van der Waals surface area contributed by atoms with Crippen molar-refractivity contribution in [1.82, 2.24) is 15.4 Å². The quantitative estimate of drug-likeness (QED) is 0.339. The number of nitrogens with one attached hydrogen (secondary N) is 2. The van der Waals surface area contributed by atoms with E-state index in [1.807, 2.05) is 24.3 Å². The van der Waals surface area contributed by atoms with E-state index in [1.54, 1.807) is 0 Å². The zero-order valence-electron chi connectivity index (χ0n) is 16.4. The van der Waals surface area contributed by atoms with Crippen molar-refractivity contribution >= 4 is 12.1 Å². The molecule has 0 saturated heterocycles. The number of rotatable bonds is 8. The third-order valence-corrected chi connectivity index (χ3v) is 4.16. The summed E-state index contributed by atoms with van der Waals surface area (Å²) >= 11 is 0. The molecule has 0 saturated carbocycles. The van der Waals surface area contributed by atoms with Crippen molar-refractivity contribution in [3.63, 3.8) is 0 Å². The standard InChI is InChI=1S/C22H21FN4O3/c1-2-3-12-30-18-10-4-15(5-11-18)14-24-27-21(28)20-13-19(25-22(29)26-20)16-6-8-17(23)9-7-16/h4-11,13-14H,2-3,12H2,1H3,(H,27,28)(H,25,26,29)/b24-14+. The highest BCUT2D eigenvalue weighted by Gasteiger charge is 2.10. The van der Waals surface area contributed by atoms with Gasteiger partial charge in [-0.05, 0) is 66.6 Å². The Morgan fingerprint density at radius 3 is 2.63 bits per heavy atom. The topological polar surface area (TPSA) is 96.4 Å². The molecule has 0 atom stereocenters. The Morgan fingerprint density at radius 1 is 1.20 bits per heavy atom. The summed E-state index contributed by atoms with van der Waals surface area (Å²) in [5.74, 6) is -0.239. The lowest BCUT2D eigenvalue weighted by atomic mass is 10.1. The number of aromatic nitrogens is 2. The number of aromatic amines is 1. The molecule has 0 unspecified atom stereocenters. The summed E-state index contributed by atoms with van der Waals surface area (Å²) in [4.78, 5) is 30.3. The number of hydrogen-bond acceptors (Lipinski definition) is 5. The molecule has 0 bridgehead atoms. The molecule has 3 aromatic rings. The summed E-state index contributed by atoms with van der Waals surface area (Å²) in [5, 5.41) is 3.91.